The summed E-state index contributed by atoms with van der Waals surface area (Å²) in [5.41, 5.74) is 6.75. The molecule has 7 heteroatoms. The molecule has 0 aliphatic carbocycles. The van der Waals surface area contributed by atoms with E-state index in [1.807, 2.05) is 32.0 Å². The molecule has 140 valence electrons. The number of benzene rings is 1. The molecule has 0 aliphatic heterocycles. The van der Waals surface area contributed by atoms with E-state index in [4.69, 9.17) is 10.5 Å². The molecule has 0 saturated heterocycles. The summed E-state index contributed by atoms with van der Waals surface area (Å²) in [4.78, 5) is 22.8. The fourth-order valence-electron chi connectivity index (χ4n) is 2.53. The molecule has 0 spiro atoms. The van der Waals surface area contributed by atoms with Gasteiger partial charge in [0, 0.05) is 30.8 Å². The minimum atomic E-state index is -0.158. The van der Waals surface area contributed by atoms with Gasteiger partial charge in [-0.05, 0) is 39.8 Å². The SMILES string of the molecule is CCN(CC)c1cc(N)nc(-c2cccc(OCC(=O)NC(C)C)c2)n1. The normalized spacial score (nSPS) is 10.7. The quantitative estimate of drug-likeness (QED) is 0.754. The van der Waals surface area contributed by atoms with E-state index in [0.29, 0.717) is 17.4 Å². The van der Waals surface area contributed by atoms with Crippen molar-refractivity contribution in [1.29, 1.82) is 0 Å². The van der Waals surface area contributed by atoms with Gasteiger partial charge in [-0.3, -0.25) is 4.79 Å². The van der Waals surface area contributed by atoms with Crippen LogP contribution in [0.1, 0.15) is 27.7 Å². The number of nitrogen functional groups attached to an aromatic ring is 1. The van der Waals surface area contributed by atoms with Crippen LogP contribution in [0.3, 0.4) is 0 Å². The number of hydrogen-bond acceptors (Lipinski definition) is 6. The smallest absolute Gasteiger partial charge is 0.258 e. The Morgan fingerprint density at radius 1 is 1.23 bits per heavy atom. The number of rotatable bonds is 8. The topological polar surface area (TPSA) is 93.4 Å². The van der Waals surface area contributed by atoms with E-state index in [-0.39, 0.29) is 18.6 Å². The number of anilines is 2. The molecule has 0 radical (unpaired) electrons. The number of hydrogen-bond donors (Lipinski definition) is 2. The second kappa shape index (κ2) is 9.03. The average Bonchev–Trinajstić information content (AvgIpc) is 2.60. The molecule has 2 rings (SSSR count). The fourth-order valence-corrected chi connectivity index (χ4v) is 2.53. The van der Waals surface area contributed by atoms with Crippen LogP contribution in [0.15, 0.2) is 30.3 Å². The molecule has 1 heterocycles. The Balaban J connectivity index is 2.20. The van der Waals surface area contributed by atoms with Crippen molar-refractivity contribution in [3.05, 3.63) is 30.3 Å². The Bertz CT molecular complexity index is 744. The third-order valence-corrected chi connectivity index (χ3v) is 3.73. The van der Waals surface area contributed by atoms with E-state index in [2.05, 4.69) is 34.0 Å². The molecule has 1 aromatic heterocycles. The molecular formula is C19H27N5O2. The number of nitrogens with two attached hydrogens (primary N) is 1. The molecule has 1 aromatic carbocycles. The minimum absolute atomic E-state index is 0.0376. The summed E-state index contributed by atoms with van der Waals surface area (Å²) in [6.07, 6.45) is 0. The van der Waals surface area contributed by atoms with E-state index < -0.39 is 0 Å². The van der Waals surface area contributed by atoms with Gasteiger partial charge < -0.3 is 20.7 Å². The van der Waals surface area contributed by atoms with Crippen LogP contribution in [-0.4, -0.2) is 41.6 Å². The Morgan fingerprint density at radius 3 is 2.62 bits per heavy atom. The fraction of sp³-hybridized carbons (Fsp3) is 0.421. The van der Waals surface area contributed by atoms with E-state index in [9.17, 15) is 4.79 Å². The lowest BCUT2D eigenvalue weighted by atomic mass is 10.2. The second-order valence-electron chi connectivity index (χ2n) is 6.19. The lowest BCUT2D eigenvalue weighted by molar-refractivity contribution is -0.123. The van der Waals surface area contributed by atoms with Crippen molar-refractivity contribution in [3.63, 3.8) is 0 Å². The molecule has 0 fully saturated rings. The summed E-state index contributed by atoms with van der Waals surface area (Å²) in [6.45, 7) is 9.58. The molecule has 0 bridgehead atoms. The summed E-state index contributed by atoms with van der Waals surface area (Å²) in [7, 11) is 0. The van der Waals surface area contributed by atoms with Gasteiger partial charge in [-0.2, -0.15) is 0 Å². The summed E-state index contributed by atoms with van der Waals surface area (Å²) in [6, 6.07) is 9.19. The Hall–Kier alpha value is -2.83. The summed E-state index contributed by atoms with van der Waals surface area (Å²) >= 11 is 0. The monoisotopic (exact) mass is 357 g/mol. The number of ether oxygens (including phenoxy) is 1. The zero-order valence-corrected chi connectivity index (χ0v) is 15.8. The zero-order valence-electron chi connectivity index (χ0n) is 15.8. The first kappa shape index (κ1) is 19.5. The minimum Gasteiger partial charge on any atom is -0.484 e. The second-order valence-corrected chi connectivity index (χ2v) is 6.19. The van der Waals surface area contributed by atoms with Crippen molar-refractivity contribution < 1.29 is 9.53 Å². The van der Waals surface area contributed by atoms with Gasteiger partial charge in [-0.1, -0.05) is 12.1 Å². The van der Waals surface area contributed by atoms with Crippen molar-refractivity contribution in [1.82, 2.24) is 15.3 Å². The number of aromatic nitrogens is 2. The van der Waals surface area contributed by atoms with Crippen molar-refractivity contribution in [2.24, 2.45) is 0 Å². The third-order valence-electron chi connectivity index (χ3n) is 3.73. The highest BCUT2D eigenvalue weighted by Crippen LogP contribution is 2.24. The van der Waals surface area contributed by atoms with Gasteiger partial charge in [0.05, 0.1) is 0 Å². The van der Waals surface area contributed by atoms with E-state index in [0.717, 1.165) is 24.5 Å². The van der Waals surface area contributed by atoms with Gasteiger partial charge in [-0.25, -0.2) is 9.97 Å². The first-order valence-corrected chi connectivity index (χ1v) is 8.85. The Morgan fingerprint density at radius 2 is 1.96 bits per heavy atom. The Kier molecular flexibility index (Phi) is 6.77. The van der Waals surface area contributed by atoms with Crippen molar-refractivity contribution >= 4 is 17.5 Å². The van der Waals surface area contributed by atoms with Gasteiger partial charge >= 0.3 is 0 Å². The molecular weight excluding hydrogens is 330 g/mol. The van der Waals surface area contributed by atoms with Crippen LogP contribution in [0.5, 0.6) is 5.75 Å². The van der Waals surface area contributed by atoms with Gasteiger partial charge in [0.2, 0.25) is 0 Å². The number of carbonyl (C=O) groups is 1. The number of amides is 1. The molecule has 0 saturated carbocycles. The van der Waals surface area contributed by atoms with E-state index in [1.165, 1.54) is 0 Å². The molecule has 3 N–H and O–H groups in total. The summed E-state index contributed by atoms with van der Waals surface area (Å²) in [5, 5.41) is 2.79. The lowest BCUT2D eigenvalue weighted by Gasteiger charge is -2.20. The predicted octanol–water partition coefficient (Wildman–Crippen LogP) is 2.48. The van der Waals surface area contributed by atoms with Gasteiger partial charge in [0.15, 0.2) is 12.4 Å². The number of nitrogens with one attached hydrogen (secondary N) is 1. The van der Waals surface area contributed by atoms with Crippen LogP contribution in [0.2, 0.25) is 0 Å². The predicted molar refractivity (Wildman–Crippen MR) is 104 cm³/mol. The Labute approximate surface area is 154 Å². The maximum absolute atomic E-state index is 11.7. The van der Waals surface area contributed by atoms with Crippen molar-refractivity contribution in [2.75, 3.05) is 30.3 Å². The van der Waals surface area contributed by atoms with Gasteiger partial charge in [0.25, 0.3) is 5.91 Å². The van der Waals surface area contributed by atoms with Crippen LogP contribution >= 0.6 is 0 Å². The van der Waals surface area contributed by atoms with Crippen LogP contribution in [0.4, 0.5) is 11.6 Å². The molecule has 26 heavy (non-hydrogen) atoms. The molecule has 0 aliphatic rings. The first-order valence-electron chi connectivity index (χ1n) is 8.85. The largest absolute Gasteiger partial charge is 0.484 e. The maximum atomic E-state index is 11.7. The molecule has 7 nitrogen and oxygen atoms in total. The highest BCUT2D eigenvalue weighted by atomic mass is 16.5. The number of carbonyl (C=O) groups excluding carboxylic acids is 1. The maximum Gasteiger partial charge on any atom is 0.258 e. The van der Waals surface area contributed by atoms with E-state index in [1.54, 1.807) is 12.1 Å². The van der Waals surface area contributed by atoms with Crippen LogP contribution in [0, 0.1) is 0 Å². The lowest BCUT2D eigenvalue weighted by Crippen LogP contribution is -2.34. The first-order chi connectivity index (χ1) is 12.4. The standard InChI is InChI=1S/C19H27N5O2/c1-5-24(6-2)17-11-16(20)22-19(23-17)14-8-7-9-15(10-14)26-12-18(25)21-13(3)4/h7-11,13H,5-6,12H2,1-4H3,(H,21,25)(H2,20,22,23). The van der Waals surface area contributed by atoms with E-state index >= 15 is 0 Å². The zero-order chi connectivity index (χ0) is 19.1. The molecule has 0 unspecified atom stereocenters. The van der Waals surface area contributed by atoms with Crippen molar-refractivity contribution in [3.8, 4) is 17.1 Å². The molecule has 2 aromatic rings. The molecule has 1 amide bonds. The highest BCUT2D eigenvalue weighted by Gasteiger charge is 2.11. The van der Waals surface area contributed by atoms with Crippen LogP contribution < -0.4 is 20.7 Å². The average molecular weight is 357 g/mol. The molecule has 0 atom stereocenters. The van der Waals surface area contributed by atoms with Crippen LogP contribution in [-0.2, 0) is 4.79 Å². The van der Waals surface area contributed by atoms with Gasteiger partial charge in [-0.15, -0.1) is 0 Å². The summed E-state index contributed by atoms with van der Waals surface area (Å²) < 4.78 is 5.57. The van der Waals surface area contributed by atoms with Gasteiger partial charge in [0.1, 0.15) is 17.4 Å². The third kappa shape index (κ3) is 5.34. The highest BCUT2D eigenvalue weighted by molar-refractivity contribution is 5.77. The van der Waals surface area contributed by atoms with Crippen molar-refractivity contribution in [2.45, 2.75) is 33.7 Å². The van der Waals surface area contributed by atoms with Crippen LogP contribution in [0.25, 0.3) is 11.4 Å². The summed E-state index contributed by atoms with van der Waals surface area (Å²) in [5.74, 6) is 2.16. The number of nitrogens with zero attached hydrogens (tertiary/aromatic N) is 3.